The molecule has 3 N–H and O–H groups in total. The van der Waals surface area contributed by atoms with Crippen LogP contribution in [0.4, 0.5) is 5.69 Å². The second kappa shape index (κ2) is 5.35. The van der Waals surface area contributed by atoms with E-state index in [0.717, 1.165) is 0 Å². The van der Waals surface area contributed by atoms with E-state index >= 15 is 0 Å². The third kappa shape index (κ3) is 3.24. The van der Waals surface area contributed by atoms with Crippen molar-refractivity contribution < 1.29 is 13.2 Å². The highest BCUT2D eigenvalue weighted by atomic mass is 79.9. The minimum Gasteiger partial charge on any atom is -0.340 e. The molecule has 0 fully saturated rings. The van der Waals surface area contributed by atoms with Crippen LogP contribution in [0.1, 0.15) is 10.5 Å². The van der Waals surface area contributed by atoms with Crippen LogP contribution >= 0.6 is 15.9 Å². The van der Waals surface area contributed by atoms with E-state index in [1.165, 1.54) is 24.5 Å². The summed E-state index contributed by atoms with van der Waals surface area (Å²) in [5, 5.41) is 7.64. The standard InChI is InChI=1S/C11H11BrN4O3S/c1-16-5-10(14-6-16)11(17)15-9-3-2-7(4-8(9)12)20(13,18)19/h2-6H,1H3,(H,15,17)(H2,13,18,19). The molecule has 0 saturated heterocycles. The second-order valence-electron chi connectivity index (χ2n) is 4.07. The number of aryl methyl sites for hydroxylation is 1. The van der Waals surface area contributed by atoms with Crippen molar-refractivity contribution in [2.24, 2.45) is 12.2 Å². The number of hydrogen-bond donors (Lipinski definition) is 2. The van der Waals surface area contributed by atoms with Crippen molar-refractivity contribution in [1.29, 1.82) is 0 Å². The molecular weight excluding hydrogens is 348 g/mol. The predicted molar refractivity (Wildman–Crippen MR) is 76.7 cm³/mol. The van der Waals surface area contributed by atoms with Gasteiger partial charge in [0.05, 0.1) is 16.9 Å². The Morgan fingerprint density at radius 2 is 2.15 bits per heavy atom. The molecule has 0 saturated carbocycles. The number of nitrogens with one attached hydrogen (secondary N) is 1. The van der Waals surface area contributed by atoms with Crippen LogP contribution in [0.3, 0.4) is 0 Å². The summed E-state index contributed by atoms with van der Waals surface area (Å²) >= 11 is 3.19. The lowest BCUT2D eigenvalue weighted by Crippen LogP contribution is -2.14. The molecule has 9 heteroatoms. The van der Waals surface area contributed by atoms with E-state index in [9.17, 15) is 13.2 Å². The van der Waals surface area contributed by atoms with Crippen LogP contribution in [0.15, 0.2) is 40.1 Å². The molecule has 1 aromatic carbocycles. The molecule has 1 amide bonds. The Labute approximate surface area is 124 Å². The largest absolute Gasteiger partial charge is 0.340 e. The van der Waals surface area contributed by atoms with Gasteiger partial charge in [0.1, 0.15) is 5.69 Å². The van der Waals surface area contributed by atoms with Crippen molar-refractivity contribution in [3.05, 3.63) is 40.9 Å². The van der Waals surface area contributed by atoms with Gasteiger partial charge in [0, 0.05) is 17.7 Å². The first-order valence-corrected chi connectivity index (χ1v) is 7.73. The summed E-state index contributed by atoms with van der Waals surface area (Å²) < 4.78 is 24.5. The number of amides is 1. The van der Waals surface area contributed by atoms with Gasteiger partial charge in [-0.2, -0.15) is 0 Å². The number of carbonyl (C=O) groups is 1. The summed E-state index contributed by atoms with van der Waals surface area (Å²) in [6.07, 6.45) is 3.08. The molecular formula is C11H11BrN4O3S. The van der Waals surface area contributed by atoms with Gasteiger partial charge in [-0.25, -0.2) is 18.5 Å². The molecule has 1 heterocycles. The minimum atomic E-state index is -3.78. The monoisotopic (exact) mass is 358 g/mol. The second-order valence-corrected chi connectivity index (χ2v) is 6.48. The lowest BCUT2D eigenvalue weighted by molar-refractivity contribution is 0.102. The smallest absolute Gasteiger partial charge is 0.275 e. The molecule has 2 rings (SSSR count). The fraction of sp³-hybridized carbons (Fsp3) is 0.0909. The maximum Gasteiger partial charge on any atom is 0.275 e. The van der Waals surface area contributed by atoms with Crippen molar-refractivity contribution in [1.82, 2.24) is 9.55 Å². The van der Waals surface area contributed by atoms with Gasteiger partial charge in [-0.1, -0.05) is 0 Å². The number of nitrogens with zero attached hydrogens (tertiary/aromatic N) is 2. The predicted octanol–water partition coefficient (Wildman–Crippen LogP) is 1.08. The maximum atomic E-state index is 11.9. The number of sulfonamides is 1. The highest BCUT2D eigenvalue weighted by Crippen LogP contribution is 2.25. The van der Waals surface area contributed by atoms with Crippen LogP contribution < -0.4 is 10.5 Å². The third-order valence-corrected chi connectivity index (χ3v) is 4.02. The molecule has 0 radical (unpaired) electrons. The number of carbonyl (C=O) groups excluding carboxylic acids is 1. The molecule has 0 bridgehead atoms. The SMILES string of the molecule is Cn1cnc(C(=O)Nc2ccc(S(N)(=O)=O)cc2Br)c1. The Kier molecular flexibility index (Phi) is 3.93. The molecule has 0 unspecified atom stereocenters. The zero-order valence-corrected chi connectivity index (χ0v) is 12.8. The van der Waals surface area contributed by atoms with Gasteiger partial charge in [0.2, 0.25) is 10.0 Å². The summed E-state index contributed by atoms with van der Waals surface area (Å²) in [6, 6.07) is 4.09. The summed E-state index contributed by atoms with van der Waals surface area (Å²) in [5.74, 6) is -0.394. The van der Waals surface area contributed by atoms with Crippen LogP contribution in [0.5, 0.6) is 0 Å². The average Bonchev–Trinajstić information content (AvgIpc) is 2.77. The Bertz CT molecular complexity index is 770. The van der Waals surface area contributed by atoms with E-state index in [4.69, 9.17) is 5.14 Å². The highest BCUT2D eigenvalue weighted by molar-refractivity contribution is 9.10. The Morgan fingerprint density at radius 3 is 2.65 bits per heavy atom. The van der Waals surface area contributed by atoms with Gasteiger partial charge in [0.15, 0.2) is 0 Å². The number of primary sulfonamides is 1. The topological polar surface area (TPSA) is 107 Å². The number of aromatic nitrogens is 2. The van der Waals surface area contributed by atoms with Crippen LogP contribution in [-0.4, -0.2) is 23.9 Å². The summed E-state index contributed by atoms with van der Waals surface area (Å²) in [6.45, 7) is 0. The molecule has 106 valence electrons. The molecule has 0 aliphatic rings. The molecule has 2 aromatic rings. The Morgan fingerprint density at radius 1 is 1.45 bits per heavy atom. The summed E-state index contributed by atoms with van der Waals surface area (Å²) in [7, 11) is -2.03. The van der Waals surface area contributed by atoms with Crippen molar-refractivity contribution in [3.63, 3.8) is 0 Å². The van der Waals surface area contributed by atoms with E-state index in [1.54, 1.807) is 17.8 Å². The summed E-state index contributed by atoms with van der Waals surface area (Å²) in [5.41, 5.74) is 0.683. The van der Waals surface area contributed by atoms with Gasteiger partial charge in [-0.05, 0) is 34.1 Å². The lowest BCUT2D eigenvalue weighted by Gasteiger charge is -2.07. The normalized spacial score (nSPS) is 11.3. The van der Waals surface area contributed by atoms with Crippen molar-refractivity contribution in [2.75, 3.05) is 5.32 Å². The highest BCUT2D eigenvalue weighted by Gasteiger charge is 2.14. The first-order chi connectivity index (χ1) is 9.27. The van der Waals surface area contributed by atoms with Crippen LogP contribution in [0.2, 0.25) is 0 Å². The average molecular weight is 359 g/mol. The van der Waals surface area contributed by atoms with Gasteiger partial charge < -0.3 is 9.88 Å². The molecule has 7 nitrogen and oxygen atoms in total. The van der Waals surface area contributed by atoms with Crippen LogP contribution in [-0.2, 0) is 17.1 Å². The Hall–Kier alpha value is -1.71. The minimum absolute atomic E-state index is 0.0415. The van der Waals surface area contributed by atoms with E-state index in [-0.39, 0.29) is 10.6 Å². The van der Waals surface area contributed by atoms with Crippen molar-refractivity contribution in [3.8, 4) is 0 Å². The lowest BCUT2D eigenvalue weighted by atomic mass is 10.3. The first kappa shape index (κ1) is 14.7. The molecule has 0 atom stereocenters. The molecule has 0 aliphatic carbocycles. The number of anilines is 1. The fourth-order valence-corrected chi connectivity index (χ4v) is 2.66. The number of hydrogen-bond acceptors (Lipinski definition) is 4. The van der Waals surface area contributed by atoms with Crippen molar-refractivity contribution in [2.45, 2.75) is 4.90 Å². The fourth-order valence-electron chi connectivity index (χ4n) is 1.49. The molecule has 0 aliphatic heterocycles. The number of halogens is 1. The quantitative estimate of drug-likeness (QED) is 0.855. The molecule has 1 aromatic heterocycles. The first-order valence-electron chi connectivity index (χ1n) is 5.39. The Balaban J connectivity index is 2.25. The zero-order chi connectivity index (χ0) is 14.9. The van der Waals surface area contributed by atoms with Gasteiger partial charge in [-0.3, -0.25) is 4.79 Å². The molecule has 0 spiro atoms. The molecule has 20 heavy (non-hydrogen) atoms. The van der Waals surface area contributed by atoms with E-state index in [1.807, 2.05) is 0 Å². The van der Waals surface area contributed by atoms with E-state index < -0.39 is 15.9 Å². The number of nitrogens with two attached hydrogens (primary N) is 1. The summed E-state index contributed by atoms with van der Waals surface area (Å²) in [4.78, 5) is 15.8. The van der Waals surface area contributed by atoms with Crippen LogP contribution in [0.25, 0.3) is 0 Å². The maximum absolute atomic E-state index is 11.9. The number of benzene rings is 1. The van der Waals surface area contributed by atoms with Gasteiger partial charge in [-0.15, -0.1) is 0 Å². The number of imidazole rings is 1. The van der Waals surface area contributed by atoms with E-state index in [0.29, 0.717) is 10.2 Å². The van der Waals surface area contributed by atoms with Crippen molar-refractivity contribution >= 4 is 37.5 Å². The van der Waals surface area contributed by atoms with E-state index in [2.05, 4.69) is 26.2 Å². The zero-order valence-electron chi connectivity index (χ0n) is 10.4. The van der Waals surface area contributed by atoms with Crippen LogP contribution in [0, 0.1) is 0 Å². The van der Waals surface area contributed by atoms with Gasteiger partial charge in [0.25, 0.3) is 5.91 Å². The van der Waals surface area contributed by atoms with Gasteiger partial charge >= 0.3 is 0 Å². The number of rotatable bonds is 3. The third-order valence-electron chi connectivity index (χ3n) is 2.45.